The van der Waals surface area contributed by atoms with E-state index in [0.717, 1.165) is 25.2 Å². The van der Waals surface area contributed by atoms with E-state index >= 15 is 0 Å². The van der Waals surface area contributed by atoms with Crippen molar-refractivity contribution >= 4 is 22.6 Å². The van der Waals surface area contributed by atoms with Crippen LogP contribution >= 0.6 is 22.6 Å². The van der Waals surface area contributed by atoms with E-state index in [1.807, 2.05) is 0 Å². The maximum absolute atomic E-state index is 5.85. The highest BCUT2D eigenvalue weighted by Crippen LogP contribution is 2.35. The van der Waals surface area contributed by atoms with Crippen molar-refractivity contribution < 1.29 is 9.47 Å². The predicted octanol–water partition coefficient (Wildman–Crippen LogP) is 4.91. The summed E-state index contributed by atoms with van der Waals surface area (Å²) < 4.78 is 11.7. The van der Waals surface area contributed by atoms with Crippen molar-refractivity contribution in [2.45, 2.75) is 55.7 Å². The van der Waals surface area contributed by atoms with Gasteiger partial charge in [-0.25, -0.2) is 0 Å². The maximum Gasteiger partial charge on any atom is 0.199 e. The van der Waals surface area contributed by atoms with Crippen LogP contribution in [0.25, 0.3) is 0 Å². The molecule has 0 amide bonds. The third-order valence-electron chi connectivity index (χ3n) is 3.82. The lowest BCUT2D eigenvalue weighted by molar-refractivity contribution is -0.105. The van der Waals surface area contributed by atoms with Gasteiger partial charge in [-0.2, -0.15) is 0 Å². The van der Waals surface area contributed by atoms with Crippen molar-refractivity contribution in [3.63, 3.8) is 0 Å². The standard InChI is InChI=1S/C16H23IO2/c1-12(16(2,3)17)13-7-9-14(10-8-13)19-15-6-4-5-11-18-15/h7-10,12,15H,4-6,11H2,1-3H3. The molecule has 0 bridgehead atoms. The Morgan fingerprint density at radius 1 is 1.26 bits per heavy atom. The Labute approximate surface area is 130 Å². The molecule has 1 fully saturated rings. The van der Waals surface area contributed by atoms with E-state index in [0.29, 0.717) is 5.92 Å². The highest BCUT2D eigenvalue weighted by Gasteiger charge is 2.23. The number of rotatable bonds is 4. The molecule has 2 unspecified atom stereocenters. The Kier molecular flexibility index (Phi) is 5.12. The van der Waals surface area contributed by atoms with Crippen LogP contribution in [0.3, 0.4) is 0 Å². The first-order chi connectivity index (χ1) is 8.97. The topological polar surface area (TPSA) is 18.5 Å². The molecule has 1 saturated heterocycles. The van der Waals surface area contributed by atoms with E-state index in [2.05, 4.69) is 67.6 Å². The van der Waals surface area contributed by atoms with Crippen molar-refractivity contribution in [2.24, 2.45) is 0 Å². The van der Waals surface area contributed by atoms with E-state index in [1.54, 1.807) is 0 Å². The number of ether oxygens (including phenoxy) is 2. The first-order valence-corrected chi connectivity index (χ1v) is 8.12. The van der Waals surface area contributed by atoms with Gasteiger partial charge in [0.2, 0.25) is 0 Å². The largest absolute Gasteiger partial charge is 0.465 e. The van der Waals surface area contributed by atoms with Crippen molar-refractivity contribution in [3.8, 4) is 5.75 Å². The summed E-state index contributed by atoms with van der Waals surface area (Å²) >= 11 is 2.51. The second-order valence-electron chi connectivity index (χ2n) is 5.77. The van der Waals surface area contributed by atoms with Gasteiger partial charge in [0.15, 0.2) is 6.29 Å². The van der Waals surface area contributed by atoms with E-state index in [1.165, 1.54) is 12.0 Å². The Bertz CT molecular complexity index is 388. The highest BCUT2D eigenvalue weighted by atomic mass is 127. The van der Waals surface area contributed by atoms with Gasteiger partial charge in [-0.1, -0.05) is 55.5 Å². The third kappa shape index (κ3) is 4.35. The first kappa shape index (κ1) is 15.1. The summed E-state index contributed by atoms with van der Waals surface area (Å²) in [5.74, 6) is 1.43. The average Bonchev–Trinajstić information content (AvgIpc) is 2.39. The summed E-state index contributed by atoms with van der Waals surface area (Å²) in [4.78, 5) is 0. The summed E-state index contributed by atoms with van der Waals surface area (Å²) in [6, 6.07) is 8.46. The van der Waals surface area contributed by atoms with Gasteiger partial charge < -0.3 is 9.47 Å². The van der Waals surface area contributed by atoms with Crippen LogP contribution in [0.1, 0.15) is 51.5 Å². The first-order valence-electron chi connectivity index (χ1n) is 7.04. The lowest BCUT2D eigenvalue weighted by Crippen LogP contribution is -2.25. The third-order valence-corrected chi connectivity index (χ3v) is 4.75. The second-order valence-corrected chi connectivity index (χ2v) is 8.55. The van der Waals surface area contributed by atoms with Crippen LogP contribution in [0, 0.1) is 0 Å². The van der Waals surface area contributed by atoms with Crippen LogP contribution in [0.15, 0.2) is 24.3 Å². The quantitative estimate of drug-likeness (QED) is 0.551. The van der Waals surface area contributed by atoms with Gasteiger partial charge in [0.25, 0.3) is 0 Å². The fourth-order valence-corrected chi connectivity index (χ4v) is 2.55. The van der Waals surface area contributed by atoms with Crippen molar-refractivity contribution in [2.75, 3.05) is 6.61 Å². The molecule has 19 heavy (non-hydrogen) atoms. The van der Waals surface area contributed by atoms with Gasteiger partial charge in [-0.05, 0) is 36.5 Å². The predicted molar refractivity (Wildman–Crippen MR) is 87.2 cm³/mol. The molecular formula is C16H23IO2. The highest BCUT2D eigenvalue weighted by molar-refractivity contribution is 14.1. The zero-order valence-electron chi connectivity index (χ0n) is 12.0. The molecule has 1 aliphatic heterocycles. The fraction of sp³-hybridized carbons (Fsp3) is 0.625. The number of hydrogen-bond acceptors (Lipinski definition) is 2. The monoisotopic (exact) mass is 374 g/mol. The minimum atomic E-state index is -0.0574. The number of alkyl halides is 1. The van der Waals surface area contributed by atoms with Crippen LogP contribution in [0.2, 0.25) is 0 Å². The van der Waals surface area contributed by atoms with E-state index < -0.39 is 0 Å². The molecular weight excluding hydrogens is 351 g/mol. The normalized spacial score (nSPS) is 22.0. The Hall–Kier alpha value is -0.290. The van der Waals surface area contributed by atoms with Crippen LogP contribution in [-0.2, 0) is 4.74 Å². The Morgan fingerprint density at radius 2 is 1.95 bits per heavy atom. The molecule has 0 aromatic heterocycles. The summed E-state index contributed by atoms with van der Waals surface area (Å²) in [5.41, 5.74) is 1.36. The fourth-order valence-electron chi connectivity index (χ4n) is 2.19. The minimum Gasteiger partial charge on any atom is -0.465 e. The molecule has 1 aliphatic rings. The molecule has 1 heterocycles. The Balaban J connectivity index is 1.98. The zero-order valence-corrected chi connectivity index (χ0v) is 14.1. The second kappa shape index (κ2) is 6.44. The maximum atomic E-state index is 5.85. The molecule has 1 aromatic rings. The molecule has 0 spiro atoms. The van der Waals surface area contributed by atoms with Crippen LogP contribution in [-0.4, -0.2) is 16.3 Å². The van der Waals surface area contributed by atoms with Gasteiger partial charge in [0.1, 0.15) is 5.75 Å². The van der Waals surface area contributed by atoms with Gasteiger partial charge >= 0.3 is 0 Å². The number of hydrogen-bond donors (Lipinski definition) is 0. The molecule has 0 radical (unpaired) electrons. The molecule has 0 saturated carbocycles. The lowest BCUT2D eigenvalue weighted by atomic mass is 9.90. The summed E-state index contributed by atoms with van der Waals surface area (Å²) in [7, 11) is 0. The Morgan fingerprint density at radius 3 is 2.47 bits per heavy atom. The van der Waals surface area contributed by atoms with Crippen LogP contribution in [0.4, 0.5) is 0 Å². The average molecular weight is 374 g/mol. The van der Waals surface area contributed by atoms with E-state index in [9.17, 15) is 0 Å². The number of benzene rings is 1. The molecule has 106 valence electrons. The van der Waals surface area contributed by atoms with Crippen molar-refractivity contribution in [1.29, 1.82) is 0 Å². The van der Waals surface area contributed by atoms with Crippen LogP contribution < -0.4 is 4.74 Å². The molecule has 2 rings (SSSR count). The van der Waals surface area contributed by atoms with Crippen molar-refractivity contribution in [3.05, 3.63) is 29.8 Å². The summed E-state index contributed by atoms with van der Waals surface area (Å²) in [6.45, 7) is 7.62. The van der Waals surface area contributed by atoms with E-state index in [4.69, 9.17) is 9.47 Å². The summed E-state index contributed by atoms with van der Waals surface area (Å²) in [6.07, 6.45) is 3.29. The molecule has 3 heteroatoms. The number of halogens is 1. The molecule has 0 aliphatic carbocycles. The molecule has 2 atom stereocenters. The SMILES string of the molecule is CC(c1ccc(OC2CCCCO2)cc1)C(C)(C)I. The van der Waals surface area contributed by atoms with Gasteiger partial charge in [0.05, 0.1) is 6.61 Å². The summed E-state index contributed by atoms with van der Waals surface area (Å²) in [5, 5.41) is 0. The van der Waals surface area contributed by atoms with Crippen molar-refractivity contribution in [1.82, 2.24) is 0 Å². The molecule has 1 aromatic carbocycles. The van der Waals surface area contributed by atoms with Gasteiger partial charge in [0, 0.05) is 9.84 Å². The van der Waals surface area contributed by atoms with Gasteiger partial charge in [-0.3, -0.25) is 0 Å². The zero-order chi connectivity index (χ0) is 13.9. The molecule has 2 nitrogen and oxygen atoms in total. The molecule has 0 N–H and O–H groups in total. The minimum absolute atomic E-state index is 0.0574. The van der Waals surface area contributed by atoms with Gasteiger partial charge in [-0.15, -0.1) is 0 Å². The lowest BCUT2D eigenvalue weighted by Gasteiger charge is -2.26. The van der Waals surface area contributed by atoms with Crippen LogP contribution in [0.5, 0.6) is 5.75 Å². The smallest absolute Gasteiger partial charge is 0.199 e. The van der Waals surface area contributed by atoms with E-state index in [-0.39, 0.29) is 9.71 Å².